The number of hydrogen-bond acceptors (Lipinski definition) is 6. The van der Waals surface area contributed by atoms with E-state index >= 15 is 0 Å². The fourth-order valence-electron chi connectivity index (χ4n) is 1.61. The molecule has 0 heterocycles. The van der Waals surface area contributed by atoms with Gasteiger partial charge in [0.15, 0.2) is 11.5 Å². The number of aromatic hydroxyl groups is 3. The molecule has 0 aliphatic heterocycles. The van der Waals surface area contributed by atoms with Crippen LogP contribution in [-0.2, 0) is 9.78 Å². The molecule has 0 fully saturated rings. The molecule has 0 amide bonds. The number of phenolic OH excluding ortho intramolecular Hbond substituents is 3. The van der Waals surface area contributed by atoms with Crippen LogP contribution in [0.1, 0.15) is 10.4 Å². The first kappa shape index (κ1) is 12.0. The van der Waals surface area contributed by atoms with Crippen molar-refractivity contribution in [3.63, 3.8) is 0 Å². The van der Waals surface area contributed by atoms with Gasteiger partial charge in [-0.25, -0.2) is 4.79 Å². The molecule has 0 unspecified atom stereocenters. The number of carbonyl (C=O) groups excluding carboxylic acids is 1. The van der Waals surface area contributed by atoms with Gasteiger partial charge < -0.3 is 15.3 Å². The minimum atomic E-state index is -0.776. The SMILES string of the molecule is COOC(=O)c1cc(O)c2cc(O)c(O)cc2c1. The summed E-state index contributed by atoms with van der Waals surface area (Å²) in [6.45, 7) is 0. The van der Waals surface area contributed by atoms with Gasteiger partial charge in [0.2, 0.25) is 0 Å². The van der Waals surface area contributed by atoms with Crippen molar-refractivity contribution in [3.05, 3.63) is 29.8 Å². The average molecular weight is 250 g/mol. The van der Waals surface area contributed by atoms with Crippen molar-refractivity contribution >= 4 is 16.7 Å². The van der Waals surface area contributed by atoms with E-state index in [2.05, 4.69) is 9.78 Å². The largest absolute Gasteiger partial charge is 0.507 e. The third-order valence-corrected chi connectivity index (χ3v) is 2.42. The van der Waals surface area contributed by atoms with Crippen LogP contribution in [0.3, 0.4) is 0 Å². The van der Waals surface area contributed by atoms with Crippen LogP contribution < -0.4 is 0 Å². The highest BCUT2D eigenvalue weighted by Gasteiger charge is 2.13. The van der Waals surface area contributed by atoms with Crippen LogP contribution in [-0.4, -0.2) is 28.4 Å². The van der Waals surface area contributed by atoms with Gasteiger partial charge in [-0.2, -0.15) is 4.89 Å². The molecular weight excluding hydrogens is 240 g/mol. The lowest BCUT2D eigenvalue weighted by atomic mass is 10.0. The Balaban J connectivity index is 2.61. The molecule has 0 bridgehead atoms. The van der Waals surface area contributed by atoms with Gasteiger partial charge in [0, 0.05) is 5.39 Å². The molecule has 2 aromatic carbocycles. The average Bonchev–Trinajstić information content (AvgIpc) is 2.32. The summed E-state index contributed by atoms with van der Waals surface area (Å²) < 4.78 is 0. The Hall–Kier alpha value is -2.47. The number of hydrogen-bond donors (Lipinski definition) is 3. The lowest BCUT2D eigenvalue weighted by Gasteiger charge is -2.06. The zero-order chi connectivity index (χ0) is 13.3. The van der Waals surface area contributed by atoms with Crippen LogP contribution in [0.5, 0.6) is 17.2 Å². The van der Waals surface area contributed by atoms with E-state index in [0.29, 0.717) is 10.8 Å². The van der Waals surface area contributed by atoms with E-state index in [1.165, 1.54) is 31.4 Å². The summed E-state index contributed by atoms with van der Waals surface area (Å²) in [6, 6.07) is 5.01. The zero-order valence-electron chi connectivity index (χ0n) is 9.38. The molecule has 3 N–H and O–H groups in total. The van der Waals surface area contributed by atoms with E-state index < -0.39 is 5.97 Å². The first-order chi connectivity index (χ1) is 8.52. The highest BCUT2D eigenvalue weighted by Crippen LogP contribution is 2.35. The third kappa shape index (κ3) is 2.01. The van der Waals surface area contributed by atoms with Gasteiger partial charge in [0.05, 0.1) is 12.7 Å². The quantitative estimate of drug-likeness (QED) is 0.426. The van der Waals surface area contributed by atoms with Crippen molar-refractivity contribution in [3.8, 4) is 17.2 Å². The van der Waals surface area contributed by atoms with Crippen LogP contribution in [0.15, 0.2) is 24.3 Å². The third-order valence-electron chi connectivity index (χ3n) is 2.42. The fourth-order valence-corrected chi connectivity index (χ4v) is 1.61. The zero-order valence-corrected chi connectivity index (χ0v) is 9.38. The second-order valence-corrected chi connectivity index (χ2v) is 3.59. The summed E-state index contributed by atoms with van der Waals surface area (Å²) in [7, 11) is 1.18. The van der Waals surface area contributed by atoms with Gasteiger partial charge in [-0.3, -0.25) is 4.89 Å². The number of phenols is 3. The topological polar surface area (TPSA) is 96.2 Å². The first-order valence-corrected chi connectivity index (χ1v) is 4.96. The highest BCUT2D eigenvalue weighted by molar-refractivity contribution is 5.99. The van der Waals surface area contributed by atoms with Crippen molar-refractivity contribution < 1.29 is 29.9 Å². The van der Waals surface area contributed by atoms with Gasteiger partial charge in [0.1, 0.15) is 5.75 Å². The van der Waals surface area contributed by atoms with Crippen LogP contribution in [0, 0.1) is 0 Å². The Morgan fingerprint density at radius 1 is 1.00 bits per heavy atom. The van der Waals surface area contributed by atoms with Crippen molar-refractivity contribution in [2.75, 3.05) is 7.11 Å². The van der Waals surface area contributed by atoms with Gasteiger partial charge in [0.25, 0.3) is 0 Å². The van der Waals surface area contributed by atoms with Gasteiger partial charge >= 0.3 is 5.97 Å². The second kappa shape index (κ2) is 4.42. The molecule has 0 saturated heterocycles. The molecule has 2 rings (SSSR count). The Labute approximate surface area is 102 Å². The van der Waals surface area contributed by atoms with Crippen LogP contribution in [0.25, 0.3) is 10.8 Å². The number of carbonyl (C=O) groups is 1. The molecule has 0 radical (unpaired) electrons. The molecule has 94 valence electrons. The Morgan fingerprint density at radius 2 is 1.67 bits per heavy atom. The van der Waals surface area contributed by atoms with Crippen LogP contribution >= 0.6 is 0 Å². The van der Waals surface area contributed by atoms with E-state index in [9.17, 15) is 20.1 Å². The maximum Gasteiger partial charge on any atom is 0.373 e. The summed E-state index contributed by atoms with van der Waals surface area (Å²) >= 11 is 0. The summed E-state index contributed by atoms with van der Waals surface area (Å²) in [5.74, 6) is -1.70. The maximum atomic E-state index is 11.4. The Bertz CT molecular complexity index is 619. The summed E-state index contributed by atoms with van der Waals surface area (Å²) in [5.41, 5.74) is 0.0620. The normalized spacial score (nSPS) is 10.5. The minimum absolute atomic E-state index is 0.0620. The first-order valence-electron chi connectivity index (χ1n) is 4.96. The van der Waals surface area contributed by atoms with E-state index in [-0.39, 0.29) is 22.8 Å². The molecule has 2 aromatic rings. The molecule has 0 saturated carbocycles. The van der Waals surface area contributed by atoms with E-state index in [4.69, 9.17) is 0 Å². The predicted octanol–water partition coefficient (Wildman–Crippen LogP) is 1.67. The van der Waals surface area contributed by atoms with E-state index in [1.54, 1.807) is 0 Å². The number of fused-ring (bicyclic) bond motifs is 1. The van der Waals surface area contributed by atoms with Gasteiger partial charge in [-0.1, -0.05) is 0 Å². The Kier molecular flexibility index (Phi) is 2.95. The van der Waals surface area contributed by atoms with Crippen molar-refractivity contribution in [2.24, 2.45) is 0 Å². The highest BCUT2D eigenvalue weighted by atomic mass is 17.2. The molecular formula is C12H10O6. The smallest absolute Gasteiger partial charge is 0.373 e. The summed E-state index contributed by atoms with van der Waals surface area (Å²) in [5, 5.41) is 29.1. The number of benzene rings is 2. The van der Waals surface area contributed by atoms with E-state index in [0.717, 1.165) is 0 Å². The minimum Gasteiger partial charge on any atom is -0.507 e. The maximum absolute atomic E-state index is 11.4. The monoisotopic (exact) mass is 250 g/mol. The summed E-state index contributed by atoms with van der Waals surface area (Å²) in [4.78, 5) is 20.0. The standard InChI is InChI=1S/C12H10O6/c1-17-18-12(16)7-2-6-3-10(14)11(15)5-8(6)9(13)4-7/h2-5,13-15H,1H3. The number of rotatable bonds is 2. The molecule has 6 heteroatoms. The molecule has 0 spiro atoms. The fraction of sp³-hybridized carbons (Fsp3) is 0.0833. The molecule has 0 aromatic heterocycles. The van der Waals surface area contributed by atoms with Crippen molar-refractivity contribution in [2.45, 2.75) is 0 Å². The molecule has 0 aliphatic carbocycles. The lowest BCUT2D eigenvalue weighted by Crippen LogP contribution is -2.03. The second-order valence-electron chi connectivity index (χ2n) is 3.59. The molecule has 6 nitrogen and oxygen atoms in total. The van der Waals surface area contributed by atoms with Crippen molar-refractivity contribution in [1.82, 2.24) is 0 Å². The van der Waals surface area contributed by atoms with Crippen LogP contribution in [0.2, 0.25) is 0 Å². The molecule has 0 atom stereocenters. The lowest BCUT2D eigenvalue weighted by molar-refractivity contribution is -0.216. The van der Waals surface area contributed by atoms with Gasteiger partial charge in [-0.15, -0.1) is 0 Å². The van der Waals surface area contributed by atoms with E-state index in [1.807, 2.05) is 0 Å². The molecule has 0 aliphatic rings. The Morgan fingerprint density at radius 3 is 2.33 bits per heavy atom. The summed E-state index contributed by atoms with van der Waals surface area (Å²) in [6.07, 6.45) is 0. The predicted molar refractivity (Wildman–Crippen MR) is 61.4 cm³/mol. The van der Waals surface area contributed by atoms with Crippen molar-refractivity contribution in [1.29, 1.82) is 0 Å². The van der Waals surface area contributed by atoms with Gasteiger partial charge in [-0.05, 0) is 29.7 Å². The van der Waals surface area contributed by atoms with Crippen LogP contribution in [0.4, 0.5) is 0 Å². The molecule has 18 heavy (non-hydrogen) atoms.